The molecule has 1 aromatic carbocycles. The van der Waals surface area contributed by atoms with E-state index in [9.17, 15) is 17.6 Å². The summed E-state index contributed by atoms with van der Waals surface area (Å²) in [5.41, 5.74) is 1.24. The Hall–Kier alpha value is -1.93. The monoisotopic (exact) mass is 341 g/mol. The summed E-state index contributed by atoms with van der Waals surface area (Å²) >= 11 is 0. The van der Waals surface area contributed by atoms with Crippen molar-refractivity contribution < 1.29 is 17.6 Å². The fourth-order valence-corrected chi connectivity index (χ4v) is 3.14. The molecule has 0 aliphatic carbocycles. The topological polar surface area (TPSA) is 69.7 Å². The van der Waals surface area contributed by atoms with E-state index in [1.54, 1.807) is 17.0 Å². The molecule has 1 fully saturated rings. The second kappa shape index (κ2) is 7.10. The highest BCUT2D eigenvalue weighted by Gasteiger charge is 2.25. The SMILES string of the molecule is C=C(NCC(=O)N1CCN(S(C)(=O)=O)CC1)c1ccc(F)cc1. The maximum Gasteiger partial charge on any atom is 0.241 e. The Balaban J connectivity index is 1.82. The smallest absolute Gasteiger partial charge is 0.241 e. The maximum atomic E-state index is 12.9. The Bertz CT molecular complexity index is 680. The average molecular weight is 341 g/mol. The summed E-state index contributed by atoms with van der Waals surface area (Å²) in [6, 6.07) is 5.82. The van der Waals surface area contributed by atoms with Gasteiger partial charge in [0, 0.05) is 31.9 Å². The third kappa shape index (κ3) is 4.77. The predicted molar refractivity (Wildman–Crippen MR) is 86.4 cm³/mol. The van der Waals surface area contributed by atoms with E-state index >= 15 is 0 Å². The number of nitrogens with zero attached hydrogens (tertiary/aromatic N) is 2. The average Bonchev–Trinajstić information content (AvgIpc) is 2.52. The van der Waals surface area contributed by atoms with Crippen molar-refractivity contribution in [2.45, 2.75) is 0 Å². The number of amides is 1. The van der Waals surface area contributed by atoms with Crippen LogP contribution in [0.2, 0.25) is 0 Å². The number of sulfonamides is 1. The minimum atomic E-state index is -3.21. The van der Waals surface area contributed by atoms with E-state index in [0.717, 1.165) is 0 Å². The molecule has 23 heavy (non-hydrogen) atoms. The number of piperazine rings is 1. The molecule has 0 aromatic heterocycles. The summed E-state index contributed by atoms with van der Waals surface area (Å²) in [5.74, 6) is -0.456. The molecule has 1 heterocycles. The van der Waals surface area contributed by atoms with E-state index in [0.29, 0.717) is 37.4 Å². The molecule has 0 saturated carbocycles. The molecule has 2 rings (SSSR count). The zero-order valence-corrected chi connectivity index (χ0v) is 13.8. The Morgan fingerprint density at radius 3 is 2.30 bits per heavy atom. The highest BCUT2D eigenvalue weighted by atomic mass is 32.2. The molecule has 6 nitrogen and oxygen atoms in total. The normalized spacial score (nSPS) is 16.2. The lowest BCUT2D eigenvalue weighted by atomic mass is 10.2. The Labute approximate surface area is 135 Å². The van der Waals surface area contributed by atoms with Gasteiger partial charge in [0.05, 0.1) is 12.8 Å². The molecule has 8 heteroatoms. The fourth-order valence-electron chi connectivity index (χ4n) is 2.32. The summed E-state index contributed by atoms with van der Waals surface area (Å²) in [6.07, 6.45) is 1.17. The number of halogens is 1. The first kappa shape index (κ1) is 17.4. The second-order valence-corrected chi connectivity index (χ2v) is 7.36. The van der Waals surface area contributed by atoms with Crippen LogP contribution in [0.3, 0.4) is 0 Å². The summed E-state index contributed by atoms with van der Waals surface area (Å²) in [6.45, 7) is 5.25. The molecule has 0 unspecified atom stereocenters. The van der Waals surface area contributed by atoms with Crippen LogP contribution in [-0.4, -0.2) is 62.5 Å². The highest BCUT2D eigenvalue weighted by Crippen LogP contribution is 2.11. The molecule has 1 aliphatic heterocycles. The summed E-state index contributed by atoms with van der Waals surface area (Å²) in [4.78, 5) is 13.8. The van der Waals surface area contributed by atoms with Crippen LogP contribution in [0.1, 0.15) is 5.56 Å². The second-order valence-electron chi connectivity index (χ2n) is 5.38. The van der Waals surface area contributed by atoms with Crippen molar-refractivity contribution >= 4 is 21.6 Å². The number of benzene rings is 1. The van der Waals surface area contributed by atoms with Gasteiger partial charge in [0.1, 0.15) is 5.82 Å². The van der Waals surface area contributed by atoms with Crippen LogP contribution in [0.15, 0.2) is 30.8 Å². The van der Waals surface area contributed by atoms with Crippen LogP contribution in [0.5, 0.6) is 0 Å². The highest BCUT2D eigenvalue weighted by molar-refractivity contribution is 7.88. The standard InChI is InChI=1S/C15H20FN3O3S/c1-12(13-3-5-14(16)6-4-13)17-11-15(20)18-7-9-19(10-8-18)23(2,21)22/h3-6,17H,1,7-11H2,2H3. The molecule has 0 atom stereocenters. The number of hydrogen-bond donors (Lipinski definition) is 1. The first-order valence-corrected chi connectivity index (χ1v) is 9.04. The van der Waals surface area contributed by atoms with E-state index in [4.69, 9.17) is 0 Å². The van der Waals surface area contributed by atoms with Crippen LogP contribution < -0.4 is 5.32 Å². The van der Waals surface area contributed by atoms with E-state index in [1.165, 1.54) is 22.7 Å². The largest absolute Gasteiger partial charge is 0.376 e. The lowest BCUT2D eigenvalue weighted by molar-refractivity contribution is -0.131. The molecule has 1 amide bonds. The third-order valence-electron chi connectivity index (χ3n) is 3.71. The minimum Gasteiger partial charge on any atom is -0.376 e. The Morgan fingerprint density at radius 2 is 1.78 bits per heavy atom. The van der Waals surface area contributed by atoms with E-state index in [1.807, 2.05) is 0 Å². The first-order chi connectivity index (χ1) is 10.8. The summed E-state index contributed by atoms with van der Waals surface area (Å²) < 4.78 is 37.1. The lowest BCUT2D eigenvalue weighted by Crippen LogP contribution is -2.51. The van der Waals surface area contributed by atoms with E-state index in [-0.39, 0.29) is 18.3 Å². The van der Waals surface area contributed by atoms with Gasteiger partial charge in [0.25, 0.3) is 0 Å². The van der Waals surface area contributed by atoms with Gasteiger partial charge in [0.15, 0.2) is 0 Å². The van der Waals surface area contributed by atoms with Crippen molar-refractivity contribution in [3.05, 3.63) is 42.2 Å². The van der Waals surface area contributed by atoms with Crippen LogP contribution in [0.4, 0.5) is 4.39 Å². The minimum absolute atomic E-state index is 0.0646. The molecule has 0 spiro atoms. The first-order valence-electron chi connectivity index (χ1n) is 7.19. The summed E-state index contributed by atoms with van der Waals surface area (Å²) in [7, 11) is -3.21. The maximum absolute atomic E-state index is 12.9. The van der Waals surface area contributed by atoms with E-state index in [2.05, 4.69) is 11.9 Å². The quantitative estimate of drug-likeness (QED) is 0.846. The molecule has 1 aromatic rings. The van der Waals surface area contributed by atoms with Gasteiger partial charge < -0.3 is 10.2 Å². The Morgan fingerprint density at radius 1 is 1.22 bits per heavy atom. The van der Waals surface area contributed by atoms with Gasteiger partial charge in [0.2, 0.25) is 15.9 Å². The van der Waals surface area contributed by atoms with Crippen molar-refractivity contribution in [3.63, 3.8) is 0 Å². The van der Waals surface area contributed by atoms with Crippen LogP contribution in [0, 0.1) is 5.82 Å². The van der Waals surface area contributed by atoms with Gasteiger partial charge in [-0.25, -0.2) is 12.8 Å². The molecule has 0 bridgehead atoms. The van der Waals surface area contributed by atoms with Crippen molar-refractivity contribution in [1.29, 1.82) is 0 Å². The molecule has 126 valence electrons. The number of nitrogens with one attached hydrogen (secondary N) is 1. The van der Waals surface area contributed by atoms with Gasteiger partial charge in [-0.05, 0) is 17.7 Å². The van der Waals surface area contributed by atoms with Crippen LogP contribution in [-0.2, 0) is 14.8 Å². The fraction of sp³-hybridized carbons (Fsp3) is 0.400. The molecular weight excluding hydrogens is 321 g/mol. The van der Waals surface area contributed by atoms with Gasteiger partial charge in [-0.3, -0.25) is 4.79 Å². The molecule has 1 aliphatic rings. The van der Waals surface area contributed by atoms with Gasteiger partial charge in [-0.1, -0.05) is 18.7 Å². The van der Waals surface area contributed by atoms with Crippen molar-refractivity contribution in [3.8, 4) is 0 Å². The molecule has 0 radical (unpaired) electrons. The molecule has 1 N–H and O–H groups in total. The van der Waals surface area contributed by atoms with Crippen LogP contribution >= 0.6 is 0 Å². The molecule has 1 saturated heterocycles. The Kier molecular flexibility index (Phi) is 5.38. The van der Waals surface area contributed by atoms with E-state index < -0.39 is 10.0 Å². The molecular formula is C15H20FN3O3S. The van der Waals surface area contributed by atoms with Crippen molar-refractivity contribution in [2.75, 3.05) is 39.0 Å². The lowest BCUT2D eigenvalue weighted by Gasteiger charge is -2.33. The number of hydrogen-bond acceptors (Lipinski definition) is 4. The van der Waals surface area contributed by atoms with Gasteiger partial charge in [-0.15, -0.1) is 0 Å². The summed E-state index contributed by atoms with van der Waals surface area (Å²) in [5, 5.41) is 2.92. The third-order valence-corrected chi connectivity index (χ3v) is 5.01. The number of carbonyl (C=O) groups excluding carboxylic acids is 1. The van der Waals surface area contributed by atoms with Crippen molar-refractivity contribution in [1.82, 2.24) is 14.5 Å². The van der Waals surface area contributed by atoms with Gasteiger partial charge in [-0.2, -0.15) is 4.31 Å². The van der Waals surface area contributed by atoms with Gasteiger partial charge >= 0.3 is 0 Å². The zero-order valence-electron chi connectivity index (χ0n) is 13.0. The predicted octanol–water partition coefficient (Wildman–Crippen LogP) is 0.490. The zero-order chi connectivity index (χ0) is 17.0. The van der Waals surface area contributed by atoms with Crippen molar-refractivity contribution in [2.24, 2.45) is 0 Å². The van der Waals surface area contributed by atoms with Crippen LogP contribution in [0.25, 0.3) is 5.70 Å². The number of carbonyl (C=O) groups is 1. The number of rotatable bonds is 5.